The van der Waals surface area contributed by atoms with E-state index < -0.39 is 41.5 Å². The maximum absolute atomic E-state index is 15.2. The second-order valence-electron chi connectivity index (χ2n) is 12.1. The van der Waals surface area contributed by atoms with Crippen LogP contribution in [0.2, 0.25) is 0 Å². The quantitative estimate of drug-likeness (QED) is 0.164. The van der Waals surface area contributed by atoms with Gasteiger partial charge >= 0.3 is 6.11 Å². The summed E-state index contributed by atoms with van der Waals surface area (Å²) in [5.41, 5.74) is 1.38. The minimum atomic E-state index is -3.62. The van der Waals surface area contributed by atoms with Gasteiger partial charge in [0.25, 0.3) is 0 Å². The summed E-state index contributed by atoms with van der Waals surface area (Å²) < 4.78 is 101. The first-order valence-corrected chi connectivity index (χ1v) is 15.0. The molecular weight excluding hydrogens is 558 g/mol. The molecule has 0 spiro atoms. The largest absolute Gasteiger partial charge is 0.432 e. The van der Waals surface area contributed by atoms with Crippen LogP contribution in [-0.4, -0.2) is 19.3 Å². The maximum Gasteiger partial charge on any atom is 0.400 e. The van der Waals surface area contributed by atoms with E-state index in [0.29, 0.717) is 67.1 Å². The Balaban J connectivity index is 1.09. The molecule has 1 saturated heterocycles. The average Bonchev–Trinajstić information content (AvgIpc) is 2.99. The van der Waals surface area contributed by atoms with Crippen LogP contribution in [0.5, 0.6) is 5.75 Å². The Morgan fingerprint density at radius 3 is 1.98 bits per heavy atom. The minimum Gasteiger partial charge on any atom is -0.432 e. The third-order valence-corrected chi connectivity index (χ3v) is 9.38. The zero-order chi connectivity index (χ0) is 29.9. The van der Waals surface area contributed by atoms with Crippen LogP contribution in [0.25, 0.3) is 0 Å². The third-order valence-electron chi connectivity index (χ3n) is 9.38. The van der Waals surface area contributed by atoms with Crippen LogP contribution in [0.15, 0.2) is 43.0 Å². The summed E-state index contributed by atoms with van der Waals surface area (Å²) in [5, 5.41) is 0. The normalized spacial score (nSPS) is 28.8. The van der Waals surface area contributed by atoms with Gasteiger partial charge in [-0.1, -0.05) is 18.2 Å². The van der Waals surface area contributed by atoms with Crippen molar-refractivity contribution in [3.63, 3.8) is 0 Å². The number of hydrogen-bond acceptors (Lipinski definition) is 3. The standard InChI is InChI=1S/C33H38F6O3/c1-2-3-4-20-18-40-32(41-19-20)24-11-14-27(28(34)15-24)23-7-5-21(6-8-23)22-9-12-25(13-10-22)33(38,39)42-26-16-29(35)31(37)30(36)17-26/h2,11,14-17,20-23,25,32H,1,3-10,12-13,18-19H2. The Morgan fingerprint density at radius 1 is 0.810 bits per heavy atom. The topological polar surface area (TPSA) is 27.7 Å². The van der Waals surface area contributed by atoms with Gasteiger partial charge in [-0.25, -0.2) is 17.6 Å². The summed E-state index contributed by atoms with van der Waals surface area (Å²) in [5.74, 6) is -5.84. The summed E-state index contributed by atoms with van der Waals surface area (Å²) in [6.45, 7) is 4.89. The number of allylic oxidation sites excluding steroid dienone is 1. The Bertz CT molecular complexity index is 1190. The third kappa shape index (κ3) is 7.16. The van der Waals surface area contributed by atoms with Crippen molar-refractivity contribution >= 4 is 0 Å². The van der Waals surface area contributed by atoms with E-state index in [-0.39, 0.29) is 24.6 Å². The molecule has 1 aliphatic heterocycles. The Kier molecular flexibility index (Phi) is 9.88. The van der Waals surface area contributed by atoms with Crippen molar-refractivity contribution < 1.29 is 40.6 Å². The van der Waals surface area contributed by atoms with Crippen molar-refractivity contribution in [2.75, 3.05) is 13.2 Å². The van der Waals surface area contributed by atoms with E-state index in [1.165, 1.54) is 6.07 Å². The molecule has 2 aliphatic carbocycles. The molecule has 2 aromatic carbocycles. The number of benzene rings is 2. The van der Waals surface area contributed by atoms with Crippen LogP contribution >= 0.6 is 0 Å². The molecule has 2 aromatic rings. The van der Waals surface area contributed by atoms with Gasteiger partial charge in [-0.15, -0.1) is 6.58 Å². The molecule has 0 amide bonds. The Labute approximate surface area is 243 Å². The van der Waals surface area contributed by atoms with E-state index in [4.69, 9.17) is 9.47 Å². The van der Waals surface area contributed by atoms with Gasteiger partial charge in [0.05, 0.1) is 19.1 Å². The van der Waals surface area contributed by atoms with Gasteiger partial charge in [0.2, 0.25) is 0 Å². The maximum atomic E-state index is 15.2. The fraction of sp³-hybridized carbons (Fsp3) is 0.576. The first-order valence-electron chi connectivity index (χ1n) is 15.0. The van der Waals surface area contributed by atoms with Gasteiger partial charge in [-0.05, 0) is 93.6 Å². The molecule has 9 heteroatoms. The highest BCUT2D eigenvalue weighted by molar-refractivity contribution is 5.29. The second kappa shape index (κ2) is 13.4. The van der Waals surface area contributed by atoms with E-state index in [1.807, 2.05) is 18.2 Å². The molecule has 3 fully saturated rings. The monoisotopic (exact) mass is 596 g/mol. The predicted molar refractivity (Wildman–Crippen MR) is 146 cm³/mol. The van der Waals surface area contributed by atoms with E-state index in [1.54, 1.807) is 0 Å². The van der Waals surface area contributed by atoms with Gasteiger partial charge in [-0.3, -0.25) is 0 Å². The van der Waals surface area contributed by atoms with E-state index in [0.717, 1.165) is 38.5 Å². The van der Waals surface area contributed by atoms with Crippen molar-refractivity contribution in [3.05, 3.63) is 77.4 Å². The fourth-order valence-corrected chi connectivity index (χ4v) is 6.94. The van der Waals surface area contributed by atoms with Crippen molar-refractivity contribution in [1.82, 2.24) is 0 Å². The molecule has 1 heterocycles. The molecular formula is C33H38F6O3. The smallest absolute Gasteiger partial charge is 0.400 e. The zero-order valence-electron chi connectivity index (χ0n) is 23.6. The van der Waals surface area contributed by atoms with Crippen LogP contribution < -0.4 is 4.74 Å². The number of hydrogen-bond donors (Lipinski definition) is 0. The lowest BCUT2D eigenvalue weighted by atomic mass is 9.68. The summed E-state index contributed by atoms with van der Waals surface area (Å²) in [4.78, 5) is 0. The number of rotatable bonds is 9. The number of halogens is 6. The molecule has 230 valence electrons. The fourth-order valence-electron chi connectivity index (χ4n) is 6.94. The van der Waals surface area contributed by atoms with Crippen LogP contribution in [0.1, 0.15) is 87.5 Å². The van der Waals surface area contributed by atoms with Gasteiger partial charge in [-0.2, -0.15) is 8.78 Å². The lowest BCUT2D eigenvalue weighted by Gasteiger charge is -2.39. The summed E-state index contributed by atoms with van der Waals surface area (Å²) in [7, 11) is 0. The highest BCUT2D eigenvalue weighted by Crippen LogP contribution is 2.47. The lowest BCUT2D eigenvalue weighted by molar-refractivity contribution is -0.224. The predicted octanol–water partition coefficient (Wildman–Crippen LogP) is 9.62. The van der Waals surface area contributed by atoms with Gasteiger partial charge in [0.1, 0.15) is 11.6 Å². The van der Waals surface area contributed by atoms with Crippen molar-refractivity contribution in [1.29, 1.82) is 0 Å². The van der Waals surface area contributed by atoms with Crippen molar-refractivity contribution in [2.24, 2.45) is 23.7 Å². The van der Waals surface area contributed by atoms with Gasteiger partial charge < -0.3 is 14.2 Å². The van der Waals surface area contributed by atoms with Gasteiger partial charge in [0.15, 0.2) is 23.7 Å². The van der Waals surface area contributed by atoms with Crippen LogP contribution in [0, 0.1) is 46.9 Å². The Morgan fingerprint density at radius 2 is 1.40 bits per heavy atom. The van der Waals surface area contributed by atoms with Crippen LogP contribution in [0.3, 0.4) is 0 Å². The first kappa shape index (κ1) is 30.9. The highest BCUT2D eigenvalue weighted by atomic mass is 19.3. The zero-order valence-corrected chi connectivity index (χ0v) is 23.6. The van der Waals surface area contributed by atoms with E-state index >= 15 is 4.39 Å². The highest BCUT2D eigenvalue weighted by Gasteiger charge is 2.45. The molecule has 0 bridgehead atoms. The Hall–Kier alpha value is -2.52. The van der Waals surface area contributed by atoms with Crippen LogP contribution in [-0.2, 0) is 9.47 Å². The molecule has 0 atom stereocenters. The molecule has 2 saturated carbocycles. The summed E-state index contributed by atoms with van der Waals surface area (Å²) in [6.07, 6.45) is 4.69. The SMILES string of the molecule is C=CCCC1COC(c2ccc(C3CCC(C4CCC(C(F)(F)Oc5cc(F)c(F)c(F)c5)CC4)CC3)c(F)c2)OC1. The van der Waals surface area contributed by atoms with E-state index in [2.05, 4.69) is 11.3 Å². The van der Waals surface area contributed by atoms with Crippen molar-refractivity contribution in [2.45, 2.75) is 82.5 Å². The molecule has 3 nitrogen and oxygen atoms in total. The molecule has 3 aliphatic rings. The van der Waals surface area contributed by atoms with Gasteiger partial charge in [0, 0.05) is 23.6 Å². The van der Waals surface area contributed by atoms with E-state index in [9.17, 15) is 22.0 Å². The lowest BCUT2D eigenvalue weighted by Crippen LogP contribution is -2.38. The molecule has 0 aromatic heterocycles. The molecule has 0 unspecified atom stereocenters. The number of ether oxygens (including phenoxy) is 3. The second-order valence-corrected chi connectivity index (χ2v) is 12.1. The molecule has 0 radical (unpaired) electrons. The summed E-state index contributed by atoms with van der Waals surface area (Å²) >= 11 is 0. The molecule has 42 heavy (non-hydrogen) atoms. The minimum absolute atomic E-state index is 0.109. The summed E-state index contributed by atoms with van der Waals surface area (Å²) in [6, 6.07) is 6.13. The van der Waals surface area contributed by atoms with Crippen molar-refractivity contribution in [3.8, 4) is 5.75 Å². The first-order chi connectivity index (χ1) is 20.1. The average molecular weight is 597 g/mol. The molecule has 5 rings (SSSR count). The molecule has 0 N–H and O–H groups in total. The number of alkyl halides is 2. The van der Waals surface area contributed by atoms with Crippen LogP contribution in [0.4, 0.5) is 26.3 Å².